The van der Waals surface area contributed by atoms with Gasteiger partial charge in [-0.15, -0.1) is 0 Å². The molecule has 101 heavy (non-hydrogen) atoms. The smallest absolute Gasteiger partial charge is 0.495 e. The molecule has 20 nitrogen and oxygen atoms in total. The first kappa shape index (κ1) is 73.8. The first-order valence-electron chi connectivity index (χ1n) is 34.1. The van der Waals surface area contributed by atoms with Gasteiger partial charge in [-0.05, 0) is 165 Å². The Morgan fingerprint density at radius 1 is 0.505 bits per heavy atom. The van der Waals surface area contributed by atoms with Gasteiger partial charge in [0.1, 0.15) is 39.9 Å². The fourth-order valence-electron chi connectivity index (χ4n) is 11.8. The van der Waals surface area contributed by atoms with Crippen LogP contribution in [0.25, 0.3) is 22.5 Å². The van der Waals surface area contributed by atoms with Gasteiger partial charge in [-0.2, -0.15) is 0 Å². The average Bonchev–Trinajstić information content (AvgIpc) is 1.64. The lowest BCUT2D eigenvalue weighted by Gasteiger charge is -2.32. The number of aryl methyl sites for hydroxylation is 3. The van der Waals surface area contributed by atoms with Gasteiger partial charge in [-0.1, -0.05) is 107 Å². The van der Waals surface area contributed by atoms with Crippen LogP contribution in [0.4, 0.5) is 17.5 Å². The molecule has 0 spiro atoms. The van der Waals surface area contributed by atoms with Crippen LogP contribution in [-0.2, 0) is 52.8 Å². The van der Waals surface area contributed by atoms with Crippen molar-refractivity contribution in [3.63, 3.8) is 0 Å². The minimum atomic E-state index is -0.782. The third kappa shape index (κ3) is 19.5. The largest absolute Gasteiger partial charge is 0.496 e. The lowest BCUT2D eigenvalue weighted by atomic mass is 9.80. The Labute approximate surface area is 596 Å². The maximum Gasteiger partial charge on any atom is 0.496 e. The van der Waals surface area contributed by atoms with E-state index in [0.29, 0.717) is 54.3 Å². The van der Waals surface area contributed by atoms with Crippen molar-refractivity contribution in [3.8, 4) is 39.8 Å². The second-order valence-electron chi connectivity index (χ2n) is 26.4. The maximum atomic E-state index is 12.1. The molecule has 0 radical (unpaired) electrons. The summed E-state index contributed by atoms with van der Waals surface area (Å²) in [5.41, 5.74) is 13.3. The number of carbonyl (C=O) groups excluding carboxylic acids is 2. The molecule has 4 N–H and O–H groups in total. The molecular weight excluding hydrogens is 1300 g/mol. The topological polar surface area (TPSA) is 249 Å². The number of nitrogens with one attached hydrogen (secondary N) is 3. The van der Waals surface area contributed by atoms with E-state index in [9.17, 15) is 19.5 Å². The molecular formula is C79H89BClN9O11. The van der Waals surface area contributed by atoms with Gasteiger partial charge in [0.2, 0.25) is 0 Å². The second kappa shape index (κ2) is 33.5. The molecule has 22 heteroatoms. The Balaban J connectivity index is 0.000000148. The van der Waals surface area contributed by atoms with Gasteiger partial charge in [-0.25, -0.2) is 29.9 Å². The summed E-state index contributed by atoms with van der Waals surface area (Å²) in [6.07, 6.45) is 7.50. The van der Waals surface area contributed by atoms with Crippen LogP contribution in [0.5, 0.6) is 17.2 Å². The van der Waals surface area contributed by atoms with Crippen LogP contribution in [0.2, 0.25) is 5.15 Å². The molecule has 3 saturated carbocycles. The average molecular weight is 1390 g/mol. The summed E-state index contributed by atoms with van der Waals surface area (Å²) in [5, 5.41) is 19.7. The Morgan fingerprint density at radius 2 is 0.881 bits per heavy atom. The number of esters is 2. The van der Waals surface area contributed by atoms with Crippen LogP contribution in [0, 0.1) is 38.5 Å². The molecule has 1 aliphatic heterocycles. The highest BCUT2D eigenvalue weighted by Crippen LogP contribution is 2.52. The monoisotopic (exact) mass is 1390 g/mol. The highest BCUT2D eigenvalue weighted by atomic mass is 35.5. The van der Waals surface area contributed by atoms with Crippen molar-refractivity contribution >= 4 is 59.5 Å². The van der Waals surface area contributed by atoms with Crippen molar-refractivity contribution in [1.82, 2.24) is 29.9 Å². The number of hydrogen-bond acceptors (Lipinski definition) is 19. The summed E-state index contributed by atoms with van der Waals surface area (Å²) in [6, 6.07) is 48.0. The zero-order valence-corrected chi connectivity index (χ0v) is 60.1. The Bertz CT molecular complexity index is 4300. The highest BCUT2D eigenvalue weighted by Gasteiger charge is 2.52. The van der Waals surface area contributed by atoms with Crippen molar-refractivity contribution < 1.29 is 52.5 Å². The molecule has 6 unspecified atom stereocenters. The van der Waals surface area contributed by atoms with E-state index in [2.05, 4.69) is 151 Å². The highest BCUT2D eigenvalue weighted by molar-refractivity contribution is 6.62. The van der Waals surface area contributed by atoms with Gasteiger partial charge in [0.25, 0.3) is 0 Å². The number of benzene rings is 3. The number of carboxylic acids is 1. The number of carboxylic acid groups (broad SMARTS) is 1. The van der Waals surface area contributed by atoms with Crippen molar-refractivity contribution in [3.05, 3.63) is 220 Å². The van der Waals surface area contributed by atoms with E-state index in [0.717, 1.165) is 82.8 Å². The van der Waals surface area contributed by atoms with E-state index in [-0.39, 0.29) is 65.8 Å². The van der Waals surface area contributed by atoms with Gasteiger partial charge in [0.15, 0.2) is 0 Å². The van der Waals surface area contributed by atoms with Gasteiger partial charge < -0.3 is 54.0 Å². The molecule has 526 valence electrons. The molecule has 1 saturated heterocycles. The van der Waals surface area contributed by atoms with Gasteiger partial charge in [0.05, 0.1) is 92.0 Å². The summed E-state index contributed by atoms with van der Waals surface area (Å²) in [6.45, 7) is 21.1. The molecule has 6 aromatic heterocycles. The standard InChI is InChI=1S/C25H27N3O3.C23H23N3O3.C19H25BN2O2.C12H14ClNO3/c1-4-31-25(29)20-13-19(20)24-22(30-3)10-9-21(28-24)18-8-11-23(27-15-18)26-14-17-7-5-6-16(2)12-17;1-14-4-3-5-15(10-14)12-24-21-9-6-16(13-25-21)19-7-8-20(29-2)22(26-19)17-11-18(17)23(27)28;1-14-7-6-8-15(11-14)12-21-17-10-9-16(13-22-17)20-23-18(2,3)19(4,5)24-20;1-3-17-12(15)8-6-7(8)11-9(16-2)4-5-10(13)14-11/h5-12,15,19-20H,4,13-14H2,1-3H3,(H,26,27);3-10,13,17-18H,11-12H2,1-2H3,(H,24,25)(H,27,28);6-11,13H,12H2,1-5H3,(H,21,22);4-5,7-8H,3,6H2,1-2H3. The molecule has 0 amide bonds. The van der Waals surface area contributed by atoms with Crippen LogP contribution in [0.3, 0.4) is 0 Å². The molecule has 9 aromatic rings. The number of rotatable bonds is 23. The maximum absolute atomic E-state index is 12.1. The minimum absolute atomic E-state index is 0.0391. The first-order chi connectivity index (χ1) is 48.6. The van der Waals surface area contributed by atoms with Crippen LogP contribution in [-0.4, -0.2) is 106 Å². The van der Waals surface area contributed by atoms with E-state index in [4.69, 9.17) is 54.6 Å². The Hall–Kier alpha value is -9.96. The van der Waals surface area contributed by atoms with Gasteiger partial charge >= 0.3 is 25.0 Å². The van der Waals surface area contributed by atoms with Gasteiger partial charge in [-0.3, -0.25) is 14.4 Å². The normalized spacial score (nSPS) is 18.4. The zero-order valence-electron chi connectivity index (χ0n) is 59.4. The van der Waals surface area contributed by atoms with E-state index in [1.54, 1.807) is 46.6 Å². The number of hydrogen-bond donors (Lipinski definition) is 4. The summed E-state index contributed by atoms with van der Waals surface area (Å²) in [5.74, 6) is 2.74. The zero-order chi connectivity index (χ0) is 72.0. The minimum Gasteiger partial charge on any atom is -0.495 e. The third-order valence-corrected chi connectivity index (χ3v) is 18.5. The molecule has 3 aliphatic carbocycles. The number of nitrogens with zero attached hydrogens (tertiary/aromatic N) is 6. The van der Waals surface area contributed by atoms with Crippen LogP contribution in [0.1, 0.15) is 129 Å². The number of anilines is 3. The predicted octanol–water partition coefficient (Wildman–Crippen LogP) is 14.7. The Kier molecular flexibility index (Phi) is 24.4. The quantitative estimate of drug-likeness (QED) is 0.0264. The summed E-state index contributed by atoms with van der Waals surface area (Å²) < 4.78 is 38.3. The molecule has 4 aliphatic rings. The third-order valence-electron chi connectivity index (χ3n) is 18.3. The number of carbonyl (C=O) groups is 3. The van der Waals surface area contributed by atoms with Gasteiger partial charge in [0, 0.05) is 72.6 Å². The van der Waals surface area contributed by atoms with E-state index in [1.807, 2.05) is 86.0 Å². The molecule has 4 fully saturated rings. The number of methoxy groups -OCH3 is 3. The van der Waals surface area contributed by atoms with Crippen LogP contribution >= 0.6 is 11.6 Å². The van der Waals surface area contributed by atoms with E-state index < -0.39 is 5.97 Å². The Morgan fingerprint density at radius 3 is 1.23 bits per heavy atom. The van der Waals surface area contributed by atoms with Crippen LogP contribution in [0.15, 0.2) is 164 Å². The number of ether oxygens (including phenoxy) is 5. The number of aliphatic carboxylic acids is 1. The molecule has 0 bridgehead atoms. The number of pyridine rings is 6. The van der Waals surface area contributed by atoms with Crippen molar-refractivity contribution in [1.29, 1.82) is 0 Å². The molecule has 3 aromatic carbocycles. The number of halogens is 1. The molecule has 7 heterocycles. The fourth-order valence-corrected chi connectivity index (χ4v) is 11.9. The van der Waals surface area contributed by atoms with E-state index in [1.165, 1.54) is 33.4 Å². The molecule has 13 rings (SSSR count). The second-order valence-corrected chi connectivity index (χ2v) is 26.8. The van der Waals surface area contributed by atoms with E-state index >= 15 is 0 Å². The first-order valence-corrected chi connectivity index (χ1v) is 34.4. The van der Waals surface area contributed by atoms with Crippen molar-refractivity contribution in [2.24, 2.45) is 17.8 Å². The lowest BCUT2D eigenvalue weighted by Crippen LogP contribution is -2.41. The fraction of sp³-hybridized carbons (Fsp3) is 0.354. The SMILES string of the molecule is CCOC(=O)C1CC1c1nc(-c2ccc(NCc3cccc(C)c3)nc2)ccc1OC.CCOC(=O)C1CC1c1nc(Cl)ccc1OC.COc1ccc(-c2ccc(NCc3cccc(C)c3)nc2)nc1C1CC1C(=O)O.Cc1cccc(CNc2ccc(B3OC(C)(C)C(C)(C)O3)cn2)c1. The summed E-state index contributed by atoms with van der Waals surface area (Å²) in [7, 11) is 4.41. The summed E-state index contributed by atoms with van der Waals surface area (Å²) in [4.78, 5) is 62.1. The van der Waals surface area contributed by atoms with Crippen LogP contribution < -0.4 is 35.6 Å². The molecule has 6 atom stereocenters. The lowest BCUT2D eigenvalue weighted by molar-refractivity contribution is -0.145. The summed E-state index contributed by atoms with van der Waals surface area (Å²) >= 11 is 5.85. The predicted molar refractivity (Wildman–Crippen MR) is 393 cm³/mol. The number of aromatic nitrogens is 6. The van der Waals surface area contributed by atoms with Crippen molar-refractivity contribution in [2.75, 3.05) is 50.5 Å². The van der Waals surface area contributed by atoms with Crippen molar-refractivity contribution in [2.45, 2.75) is 130 Å².